The van der Waals surface area contributed by atoms with E-state index in [1.165, 1.54) is 0 Å². The molecule has 0 aliphatic carbocycles. The van der Waals surface area contributed by atoms with E-state index in [-0.39, 0.29) is 12.5 Å². The number of piperidine rings is 1. The molecule has 2 rings (SSSR count). The smallest absolute Gasteiger partial charge is 0.416 e. The number of benzene rings is 1. The number of nitriles is 1. The van der Waals surface area contributed by atoms with Crippen molar-refractivity contribution in [2.75, 3.05) is 19.7 Å². The largest absolute Gasteiger partial charge is 0.493 e. The van der Waals surface area contributed by atoms with Gasteiger partial charge in [0, 0.05) is 6.42 Å². The first kappa shape index (κ1) is 16.6. The Balaban J connectivity index is 2.20. The summed E-state index contributed by atoms with van der Waals surface area (Å²) in [5, 5.41) is 11.8. The van der Waals surface area contributed by atoms with Crippen molar-refractivity contribution in [3.63, 3.8) is 0 Å². The molecule has 1 aromatic carbocycles. The minimum Gasteiger partial charge on any atom is -0.493 e. The highest BCUT2D eigenvalue weighted by Crippen LogP contribution is 2.38. The zero-order valence-corrected chi connectivity index (χ0v) is 12.2. The van der Waals surface area contributed by atoms with E-state index in [4.69, 9.17) is 10.00 Å². The van der Waals surface area contributed by atoms with E-state index in [0.717, 1.165) is 43.6 Å². The van der Waals surface area contributed by atoms with Crippen LogP contribution in [-0.2, 0) is 6.18 Å². The fourth-order valence-corrected chi connectivity index (χ4v) is 2.64. The van der Waals surface area contributed by atoms with Crippen LogP contribution in [0.3, 0.4) is 0 Å². The monoisotopic (exact) mass is 312 g/mol. The second-order valence-electron chi connectivity index (χ2n) is 5.38. The van der Waals surface area contributed by atoms with Crippen LogP contribution in [0, 0.1) is 11.3 Å². The topological polar surface area (TPSA) is 45.0 Å². The highest BCUT2D eigenvalue weighted by atomic mass is 19.4. The molecule has 120 valence electrons. The number of ether oxygens (including phenoxy) is 1. The molecule has 1 N–H and O–H groups in total. The molecule has 1 aromatic rings. The summed E-state index contributed by atoms with van der Waals surface area (Å²) >= 11 is 0. The molecule has 6 heteroatoms. The maximum absolute atomic E-state index is 12.9. The van der Waals surface area contributed by atoms with Crippen molar-refractivity contribution < 1.29 is 17.9 Å². The molecule has 0 radical (unpaired) electrons. The molecule has 0 spiro atoms. The van der Waals surface area contributed by atoms with Crippen LogP contribution < -0.4 is 10.1 Å². The van der Waals surface area contributed by atoms with Crippen molar-refractivity contribution in [2.45, 2.75) is 37.8 Å². The van der Waals surface area contributed by atoms with E-state index in [9.17, 15) is 13.2 Å². The quantitative estimate of drug-likeness (QED) is 0.840. The Kier molecular flexibility index (Phi) is 5.67. The summed E-state index contributed by atoms with van der Waals surface area (Å²) in [6.45, 7) is 1.98. The van der Waals surface area contributed by atoms with Crippen LogP contribution in [0.25, 0.3) is 0 Å². The average Bonchev–Trinajstić information content (AvgIpc) is 2.51. The molecule has 0 unspecified atom stereocenters. The molecular weight excluding hydrogens is 293 g/mol. The van der Waals surface area contributed by atoms with Gasteiger partial charge in [0.05, 0.1) is 18.2 Å². The molecule has 0 atom stereocenters. The molecular formula is C16H19F3N2O. The van der Waals surface area contributed by atoms with Gasteiger partial charge in [0.15, 0.2) is 0 Å². The zero-order valence-electron chi connectivity index (χ0n) is 12.2. The standard InChI is InChI=1S/C16H19F3N2O/c17-16(18,19)13-3-4-14(12-5-8-21-9-6-12)15(11-13)22-10-2-1-7-20/h3-4,11-12,21H,1-2,5-6,8-10H2. The maximum atomic E-state index is 12.9. The number of unbranched alkanes of at least 4 members (excludes halogenated alkanes) is 1. The lowest BCUT2D eigenvalue weighted by Gasteiger charge is -2.25. The molecule has 1 aliphatic rings. The van der Waals surface area contributed by atoms with E-state index < -0.39 is 11.7 Å². The van der Waals surface area contributed by atoms with Crippen LogP contribution in [0.2, 0.25) is 0 Å². The molecule has 1 aliphatic heterocycles. The van der Waals surface area contributed by atoms with Crippen LogP contribution in [0.5, 0.6) is 5.75 Å². The van der Waals surface area contributed by atoms with Crippen molar-refractivity contribution in [3.8, 4) is 11.8 Å². The van der Waals surface area contributed by atoms with Crippen LogP contribution >= 0.6 is 0 Å². The lowest BCUT2D eigenvalue weighted by Crippen LogP contribution is -2.27. The van der Waals surface area contributed by atoms with Gasteiger partial charge < -0.3 is 10.1 Å². The number of nitrogens with one attached hydrogen (secondary N) is 1. The number of hydrogen-bond acceptors (Lipinski definition) is 3. The molecule has 1 heterocycles. The van der Waals surface area contributed by atoms with E-state index in [2.05, 4.69) is 5.32 Å². The van der Waals surface area contributed by atoms with Crippen molar-refractivity contribution in [1.82, 2.24) is 5.32 Å². The molecule has 1 saturated heterocycles. The van der Waals surface area contributed by atoms with Gasteiger partial charge >= 0.3 is 6.18 Å². The first-order valence-corrected chi connectivity index (χ1v) is 7.44. The lowest BCUT2D eigenvalue weighted by atomic mass is 9.89. The summed E-state index contributed by atoms with van der Waals surface area (Å²) in [7, 11) is 0. The molecule has 0 amide bonds. The molecule has 0 aromatic heterocycles. The first-order valence-electron chi connectivity index (χ1n) is 7.44. The molecule has 22 heavy (non-hydrogen) atoms. The van der Waals surface area contributed by atoms with E-state index in [1.807, 2.05) is 6.07 Å². The van der Waals surface area contributed by atoms with Gasteiger partial charge in [0.1, 0.15) is 5.75 Å². The van der Waals surface area contributed by atoms with Crippen molar-refractivity contribution >= 4 is 0 Å². The number of rotatable bonds is 5. The Hall–Kier alpha value is -1.74. The molecule has 3 nitrogen and oxygen atoms in total. The summed E-state index contributed by atoms with van der Waals surface area (Å²) in [5.74, 6) is 0.522. The number of hydrogen-bond donors (Lipinski definition) is 1. The number of halogens is 3. The van der Waals surface area contributed by atoms with E-state index >= 15 is 0 Å². The lowest BCUT2D eigenvalue weighted by molar-refractivity contribution is -0.137. The third-order valence-corrected chi connectivity index (χ3v) is 3.81. The third kappa shape index (κ3) is 4.38. The highest BCUT2D eigenvalue weighted by molar-refractivity contribution is 5.41. The summed E-state index contributed by atoms with van der Waals surface area (Å²) in [6.07, 6.45) is -1.75. The summed E-state index contributed by atoms with van der Waals surface area (Å²) in [6, 6.07) is 5.75. The van der Waals surface area contributed by atoms with Crippen LogP contribution in [0.15, 0.2) is 18.2 Å². The van der Waals surface area contributed by atoms with Crippen LogP contribution in [0.4, 0.5) is 13.2 Å². The fraction of sp³-hybridized carbons (Fsp3) is 0.562. The zero-order chi connectivity index (χ0) is 16.0. The van der Waals surface area contributed by atoms with Gasteiger partial charge in [0.2, 0.25) is 0 Å². The van der Waals surface area contributed by atoms with Crippen molar-refractivity contribution in [3.05, 3.63) is 29.3 Å². The minimum atomic E-state index is -4.38. The van der Waals surface area contributed by atoms with Gasteiger partial charge in [-0.2, -0.15) is 18.4 Å². The van der Waals surface area contributed by atoms with E-state index in [1.54, 1.807) is 6.07 Å². The second-order valence-corrected chi connectivity index (χ2v) is 5.38. The Morgan fingerprint density at radius 3 is 2.64 bits per heavy atom. The molecule has 0 bridgehead atoms. The van der Waals surface area contributed by atoms with Gasteiger partial charge in [-0.3, -0.25) is 0 Å². The summed E-state index contributed by atoms with van der Waals surface area (Å²) in [5.41, 5.74) is 0.145. The van der Waals surface area contributed by atoms with Gasteiger partial charge in [-0.05, 0) is 56.0 Å². The Morgan fingerprint density at radius 1 is 1.27 bits per heavy atom. The number of nitrogens with zero attached hydrogens (tertiary/aromatic N) is 1. The SMILES string of the molecule is N#CCCCOc1cc(C(F)(F)F)ccc1C1CCNCC1. The summed E-state index contributed by atoms with van der Waals surface area (Å²) < 4.78 is 44.2. The Labute approximate surface area is 128 Å². The first-order chi connectivity index (χ1) is 10.5. The van der Waals surface area contributed by atoms with Crippen molar-refractivity contribution in [2.24, 2.45) is 0 Å². The summed E-state index contributed by atoms with van der Waals surface area (Å²) in [4.78, 5) is 0. The van der Waals surface area contributed by atoms with Gasteiger partial charge in [0.25, 0.3) is 0 Å². The third-order valence-electron chi connectivity index (χ3n) is 3.81. The highest BCUT2D eigenvalue weighted by Gasteiger charge is 2.32. The molecule has 1 fully saturated rings. The van der Waals surface area contributed by atoms with Crippen LogP contribution in [0.1, 0.15) is 42.7 Å². The maximum Gasteiger partial charge on any atom is 0.416 e. The minimum absolute atomic E-state index is 0.217. The average molecular weight is 312 g/mol. The normalized spacial score (nSPS) is 16.3. The van der Waals surface area contributed by atoms with Gasteiger partial charge in [-0.25, -0.2) is 0 Å². The second kappa shape index (κ2) is 7.50. The predicted octanol–water partition coefficient (Wildman–Crippen LogP) is 3.85. The van der Waals surface area contributed by atoms with Gasteiger partial charge in [-0.1, -0.05) is 6.07 Å². The van der Waals surface area contributed by atoms with E-state index in [0.29, 0.717) is 18.6 Å². The Bertz CT molecular complexity index is 531. The Morgan fingerprint density at radius 2 is 2.00 bits per heavy atom. The van der Waals surface area contributed by atoms with Crippen molar-refractivity contribution in [1.29, 1.82) is 5.26 Å². The van der Waals surface area contributed by atoms with Gasteiger partial charge in [-0.15, -0.1) is 0 Å². The number of alkyl halides is 3. The van der Waals surface area contributed by atoms with Crippen LogP contribution in [-0.4, -0.2) is 19.7 Å². The predicted molar refractivity (Wildman–Crippen MR) is 76.6 cm³/mol. The molecule has 0 saturated carbocycles. The fourth-order valence-electron chi connectivity index (χ4n) is 2.64.